The van der Waals surface area contributed by atoms with Gasteiger partial charge in [0.15, 0.2) is 0 Å². The van der Waals surface area contributed by atoms with Crippen molar-refractivity contribution in [2.75, 3.05) is 0 Å². The third-order valence-electron chi connectivity index (χ3n) is 4.84. The summed E-state index contributed by atoms with van der Waals surface area (Å²) < 4.78 is 0. The highest BCUT2D eigenvalue weighted by molar-refractivity contribution is 6.07. The van der Waals surface area contributed by atoms with E-state index in [1.54, 1.807) is 12.4 Å². The van der Waals surface area contributed by atoms with Gasteiger partial charge in [0.25, 0.3) is 0 Å². The fourth-order valence-electron chi connectivity index (χ4n) is 2.90. The van der Waals surface area contributed by atoms with Crippen molar-refractivity contribution in [1.29, 1.82) is 0 Å². The highest BCUT2D eigenvalue weighted by Gasteiger charge is 2.59. The van der Waals surface area contributed by atoms with Crippen LogP contribution in [0.1, 0.15) is 31.4 Å². The number of amides is 2. The molecule has 7 nitrogen and oxygen atoms in total. The molecule has 2 aliphatic rings. The van der Waals surface area contributed by atoms with E-state index in [-0.39, 0.29) is 5.91 Å². The van der Waals surface area contributed by atoms with E-state index in [9.17, 15) is 9.59 Å². The summed E-state index contributed by atoms with van der Waals surface area (Å²) in [5, 5.41) is 9.75. The number of rotatable bonds is 5. The zero-order valence-electron chi connectivity index (χ0n) is 12.5. The number of pyridine rings is 1. The molecule has 7 heteroatoms. The van der Waals surface area contributed by atoms with Gasteiger partial charge in [-0.1, -0.05) is 0 Å². The Morgan fingerprint density at radius 1 is 1.22 bits per heavy atom. The molecule has 4 N–H and O–H groups in total. The maximum Gasteiger partial charge on any atom is 0.236 e. The number of nitrogens with zero attached hydrogens (tertiary/aromatic N) is 2. The molecule has 0 aromatic carbocycles. The summed E-state index contributed by atoms with van der Waals surface area (Å²) in [4.78, 5) is 28.4. The second kappa shape index (κ2) is 4.65. The Labute approximate surface area is 132 Å². The maximum atomic E-state index is 12.5. The summed E-state index contributed by atoms with van der Waals surface area (Å²) in [6.45, 7) is 0. The number of H-pyrrole nitrogens is 1. The molecule has 2 amide bonds. The normalized spacial score (nSPS) is 19.8. The lowest BCUT2D eigenvalue weighted by atomic mass is 10.0. The minimum Gasteiger partial charge on any atom is -0.369 e. The van der Waals surface area contributed by atoms with Crippen molar-refractivity contribution in [2.45, 2.75) is 31.2 Å². The van der Waals surface area contributed by atoms with Gasteiger partial charge in [0.1, 0.15) is 5.41 Å². The van der Waals surface area contributed by atoms with Crippen LogP contribution in [0, 0.1) is 5.41 Å². The van der Waals surface area contributed by atoms with Gasteiger partial charge in [0.05, 0.1) is 17.4 Å². The van der Waals surface area contributed by atoms with E-state index in [0.29, 0.717) is 12.8 Å². The Bertz CT molecular complexity index is 776. The van der Waals surface area contributed by atoms with E-state index < -0.39 is 16.9 Å². The Kier molecular flexibility index (Phi) is 2.81. The minimum absolute atomic E-state index is 0.266. The molecular formula is C16H17N5O2. The summed E-state index contributed by atoms with van der Waals surface area (Å²) in [7, 11) is 0. The van der Waals surface area contributed by atoms with Crippen LogP contribution in [0.3, 0.4) is 0 Å². The van der Waals surface area contributed by atoms with E-state index >= 15 is 0 Å². The summed E-state index contributed by atoms with van der Waals surface area (Å²) in [5.41, 5.74) is 6.66. The first-order valence-corrected chi connectivity index (χ1v) is 7.64. The lowest BCUT2D eigenvalue weighted by Crippen LogP contribution is -2.45. The van der Waals surface area contributed by atoms with Crippen LogP contribution in [0.15, 0.2) is 30.7 Å². The molecule has 0 bridgehead atoms. The Hall–Kier alpha value is -2.70. The van der Waals surface area contributed by atoms with Crippen LogP contribution in [0.4, 0.5) is 0 Å². The third kappa shape index (κ3) is 2.19. The van der Waals surface area contributed by atoms with E-state index in [2.05, 4.69) is 20.5 Å². The van der Waals surface area contributed by atoms with Crippen molar-refractivity contribution in [2.24, 2.45) is 11.1 Å². The molecule has 2 saturated carbocycles. The second-order valence-corrected chi connectivity index (χ2v) is 6.40. The van der Waals surface area contributed by atoms with Crippen LogP contribution in [-0.2, 0) is 15.1 Å². The molecule has 0 spiro atoms. The van der Waals surface area contributed by atoms with Gasteiger partial charge >= 0.3 is 0 Å². The predicted octanol–water partition coefficient (Wildman–Crippen LogP) is 0.843. The molecular weight excluding hydrogens is 294 g/mol. The van der Waals surface area contributed by atoms with Gasteiger partial charge in [-0.2, -0.15) is 5.10 Å². The molecule has 0 saturated heterocycles. The summed E-state index contributed by atoms with van der Waals surface area (Å²) in [5.74, 6) is -0.802. The number of hydrogen-bond donors (Lipinski definition) is 3. The Morgan fingerprint density at radius 2 is 2.00 bits per heavy atom. The maximum absolute atomic E-state index is 12.5. The Morgan fingerprint density at radius 3 is 2.57 bits per heavy atom. The molecule has 0 aliphatic heterocycles. The Balaban J connectivity index is 1.59. The number of aromatic amines is 1. The quantitative estimate of drug-likeness (QED) is 0.710. The second-order valence-electron chi connectivity index (χ2n) is 6.40. The third-order valence-corrected chi connectivity index (χ3v) is 4.84. The standard InChI is InChI=1S/C16H17N5O2/c17-13(22)15(2-3-15)14(23)21-16(4-5-16)12-7-10(1-6-18-12)11-8-19-20-9-11/h1,6-9H,2-5H2,(H2,17,22)(H,19,20)(H,21,23). The number of primary amides is 1. The lowest BCUT2D eigenvalue weighted by molar-refractivity contribution is -0.136. The average Bonchev–Trinajstić information content (AvgIpc) is 3.45. The first-order chi connectivity index (χ1) is 11.1. The minimum atomic E-state index is -1.00. The molecule has 2 fully saturated rings. The number of carbonyl (C=O) groups is 2. The van der Waals surface area contributed by atoms with Crippen molar-refractivity contribution in [1.82, 2.24) is 20.5 Å². The predicted molar refractivity (Wildman–Crippen MR) is 81.7 cm³/mol. The molecule has 2 aliphatic carbocycles. The van der Waals surface area contributed by atoms with E-state index in [4.69, 9.17) is 5.73 Å². The molecule has 0 radical (unpaired) electrons. The largest absolute Gasteiger partial charge is 0.369 e. The molecule has 0 atom stereocenters. The number of nitrogens with two attached hydrogens (primary N) is 1. The zero-order valence-corrected chi connectivity index (χ0v) is 12.5. The van der Waals surface area contributed by atoms with Gasteiger partial charge in [0, 0.05) is 18.0 Å². The first-order valence-electron chi connectivity index (χ1n) is 7.64. The SMILES string of the molecule is NC(=O)C1(C(=O)NC2(c3cc(-c4cn[nH]c4)ccn3)CC2)CC1. The summed E-state index contributed by atoms with van der Waals surface area (Å²) >= 11 is 0. The molecule has 2 aromatic heterocycles. The number of aromatic nitrogens is 3. The van der Waals surface area contributed by atoms with Gasteiger partial charge in [-0.15, -0.1) is 0 Å². The molecule has 118 valence electrons. The van der Waals surface area contributed by atoms with Crippen LogP contribution in [0.5, 0.6) is 0 Å². The number of nitrogens with one attached hydrogen (secondary N) is 2. The molecule has 4 rings (SSSR count). The molecule has 0 unspecified atom stereocenters. The van der Waals surface area contributed by atoms with Crippen LogP contribution in [-0.4, -0.2) is 27.0 Å². The van der Waals surface area contributed by atoms with Gasteiger partial charge in [0.2, 0.25) is 11.8 Å². The fourth-order valence-corrected chi connectivity index (χ4v) is 2.90. The van der Waals surface area contributed by atoms with E-state index in [1.165, 1.54) is 0 Å². The summed E-state index contributed by atoms with van der Waals surface area (Å²) in [6.07, 6.45) is 7.97. The topological polar surface area (TPSA) is 114 Å². The van der Waals surface area contributed by atoms with Crippen molar-refractivity contribution >= 4 is 11.8 Å². The smallest absolute Gasteiger partial charge is 0.236 e. The van der Waals surface area contributed by atoms with Crippen LogP contribution < -0.4 is 11.1 Å². The highest BCUT2D eigenvalue weighted by atomic mass is 16.2. The van der Waals surface area contributed by atoms with Crippen LogP contribution >= 0.6 is 0 Å². The average molecular weight is 311 g/mol. The monoisotopic (exact) mass is 311 g/mol. The van der Waals surface area contributed by atoms with Crippen molar-refractivity contribution < 1.29 is 9.59 Å². The fraction of sp³-hybridized carbons (Fsp3) is 0.375. The first kappa shape index (κ1) is 13.9. The summed E-state index contributed by atoms with van der Waals surface area (Å²) in [6, 6.07) is 3.86. The lowest BCUT2D eigenvalue weighted by Gasteiger charge is -2.20. The van der Waals surface area contributed by atoms with Gasteiger partial charge < -0.3 is 11.1 Å². The van der Waals surface area contributed by atoms with Crippen LogP contribution in [0.25, 0.3) is 11.1 Å². The van der Waals surface area contributed by atoms with Crippen molar-refractivity contribution in [3.63, 3.8) is 0 Å². The molecule has 2 aromatic rings. The molecule has 23 heavy (non-hydrogen) atoms. The van der Waals surface area contributed by atoms with Gasteiger partial charge in [-0.25, -0.2) is 0 Å². The van der Waals surface area contributed by atoms with E-state index in [1.807, 2.05) is 18.3 Å². The van der Waals surface area contributed by atoms with Gasteiger partial charge in [-0.3, -0.25) is 19.7 Å². The van der Waals surface area contributed by atoms with Gasteiger partial charge in [-0.05, 0) is 43.4 Å². The van der Waals surface area contributed by atoms with E-state index in [0.717, 1.165) is 29.7 Å². The highest BCUT2D eigenvalue weighted by Crippen LogP contribution is 2.50. The van der Waals surface area contributed by atoms with Crippen LogP contribution in [0.2, 0.25) is 0 Å². The molecule has 2 heterocycles. The number of carbonyl (C=O) groups excluding carboxylic acids is 2. The number of hydrogen-bond acceptors (Lipinski definition) is 4. The zero-order chi connectivity index (χ0) is 16.1. The van der Waals surface area contributed by atoms with Crippen molar-refractivity contribution in [3.05, 3.63) is 36.4 Å². The van der Waals surface area contributed by atoms with Crippen molar-refractivity contribution in [3.8, 4) is 11.1 Å².